The molecule has 8 heteroatoms. The number of nitrogens with two attached hydrogens (primary N) is 1. The molecule has 2 heterocycles. The maximum atomic E-state index is 13.6. The Morgan fingerprint density at radius 1 is 1.22 bits per heavy atom. The molecule has 0 aliphatic carbocycles. The van der Waals surface area contributed by atoms with Gasteiger partial charge in [-0.25, -0.2) is 4.39 Å². The van der Waals surface area contributed by atoms with Crippen LogP contribution in [0.5, 0.6) is 5.75 Å². The molecule has 0 bridgehead atoms. The quantitative estimate of drug-likeness (QED) is 0.591. The highest BCUT2D eigenvalue weighted by Crippen LogP contribution is 2.21. The molecule has 0 saturated heterocycles. The summed E-state index contributed by atoms with van der Waals surface area (Å²) in [6, 6.07) is 10.9. The van der Waals surface area contributed by atoms with E-state index < -0.39 is 11.7 Å². The largest absolute Gasteiger partial charge is 0.493 e. The minimum Gasteiger partial charge on any atom is -0.493 e. The number of nitrogens with zero attached hydrogens (tertiary/aromatic N) is 2. The predicted octanol–water partition coefficient (Wildman–Crippen LogP) is 2.53. The van der Waals surface area contributed by atoms with Crippen molar-refractivity contribution in [2.24, 2.45) is 5.73 Å². The molecule has 2 aromatic heterocycles. The van der Waals surface area contributed by atoms with Crippen molar-refractivity contribution in [3.8, 4) is 17.1 Å². The van der Waals surface area contributed by atoms with Gasteiger partial charge in [-0.05, 0) is 43.3 Å². The van der Waals surface area contributed by atoms with Crippen LogP contribution >= 0.6 is 0 Å². The molecule has 3 N–H and O–H groups in total. The van der Waals surface area contributed by atoms with Gasteiger partial charge in [0.25, 0.3) is 5.91 Å². The normalized spacial score (nSPS) is 10.6. The summed E-state index contributed by atoms with van der Waals surface area (Å²) in [6.07, 6.45) is 2.29. The molecular weight excluding hydrogens is 351 g/mol. The van der Waals surface area contributed by atoms with Crippen LogP contribution in [0.1, 0.15) is 22.5 Å². The molecule has 27 heavy (non-hydrogen) atoms. The van der Waals surface area contributed by atoms with Crippen LogP contribution in [0.2, 0.25) is 0 Å². The van der Waals surface area contributed by atoms with E-state index in [4.69, 9.17) is 15.0 Å². The zero-order valence-electron chi connectivity index (χ0n) is 14.5. The number of rotatable bonds is 8. The third-order valence-corrected chi connectivity index (χ3v) is 3.70. The number of hydrogen-bond donors (Lipinski definition) is 2. The number of amides is 1. The van der Waals surface area contributed by atoms with Gasteiger partial charge in [0.1, 0.15) is 17.3 Å². The second kappa shape index (κ2) is 8.91. The summed E-state index contributed by atoms with van der Waals surface area (Å²) in [6.45, 7) is 0.905. The molecule has 0 spiro atoms. The van der Waals surface area contributed by atoms with Crippen LogP contribution in [0, 0.1) is 5.82 Å². The molecule has 0 radical (unpaired) electrons. The average molecular weight is 370 g/mol. The van der Waals surface area contributed by atoms with E-state index in [-0.39, 0.29) is 12.1 Å². The molecule has 140 valence electrons. The van der Waals surface area contributed by atoms with Crippen molar-refractivity contribution >= 4 is 5.91 Å². The topological polar surface area (TPSA) is 103 Å². The van der Waals surface area contributed by atoms with Crippen LogP contribution in [0.3, 0.4) is 0 Å². The smallest absolute Gasteiger partial charge is 0.255 e. The van der Waals surface area contributed by atoms with Gasteiger partial charge in [0.15, 0.2) is 5.76 Å². The Bertz CT molecular complexity index is 899. The average Bonchev–Trinajstić information content (AvgIpc) is 3.17. The maximum Gasteiger partial charge on any atom is 0.255 e. The monoisotopic (exact) mass is 370 g/mol. The predicted molar refractivity (Wildman–Crippen MR) is 96.5 cm³/mol. The fourth-order valence-electron chi connectivity index (χ4n) is 2.36. The standard InChI is InChI=1S/C19H19FN4O3/c20-13-5-6-18(26-9-3-7-21)15(10-13)19(25)23-12-14-11-17(24-27-14)16-4-1-2-8-22-16/h1-2,4-6,8,10-11H,3,7,9,12,21H2,(H,23,25). The Balaban J connectivity index is 1.66. The van der Waals surface area contributed by atoms with Crippen LogP contribution in [-0.2, 0) is 6.54 Å². The number of ether oxygens (including phenoxy) is 1. The summed E-state index contributed by atoms with van der Waals surface area (Å²) in [5.74, 6) is -0.253. The zero-order valence-corrected chi connectivity index (χ0v) is 14.5. The van der Waals surface area contributed by atoms with Crippen LogP contribution in [0.25, 0.3) is 11.4 Å². The van der Waals surface area contributed by atoms with Gasteiger partial charge in [0.05, 0.1) is 24.4 Å². The number of carbonyl (C=O) groups is 1. The SMILES string of the molecule is NCCCOc1ccc(F)cc1C(=O)NCc1cc(-c2ccccn2)no1. The summed E-state index contributed by atoms with van der Waals surface area (Å²) < 4.78 is 24.3. The molecule has 1 aromatic carbocycles. The Morgan fingerprint density at radius 3 is 2.89 bits per heavy atom. The van der Waals surface area contributed by atoms with Crippen molar-refractivity contribution < 1.29 is 18.4 Å². The first-order valence-corrected chi connectivity index (χ1v) is 8.45. The van der Waals surface area contributed by atoms with Gasteiger partial charge in [-0.2, -0.15) is 0 Å². The summed E-state index contributed by atoms with van der Waals surface area (Å²) in [7, 11) is 0. The van der Waals surface area contributed by atoms with Crippen LogP contribution in [0.15, 0.2) is 53.2 Å². The van der Waals surface area contributed by atoms with Crippen molar-refractivity contribution in [2.45, 2.75) is 13.0 Å². The Labute approximate surface area is 155 Å². The lowest BCUT2D eigenvalue weighted by Crippen LogP contribution is -2.23. The summed E-state index contributed by atoms with van der Waals surface area (Å²) in [5.41, 5.74) is 6.77. The second-order valence-electron chi connectivity index (χ2n) is 5.71. The van der Waals surface area contributed by atoms with Gasteiger partial charge < -0.3 is 20.3 Å². The van der Waals surface area contributed by atoms with E-state index in [1.807, 2.05) is 6.07 Å². The van der Waals surface area contributed by atoms with Gasteiger partial charge in [0, 0.05) is 12.3 Å². The molecule has 0 unspecified atom stereocenters. The summed E-state index contributed by atoms with van der Waals surface area (Å²) >= 11 is 0. The third-order valence-electron chi connectivity index (χ3n) is 3.70. The van der Waals surface area contributed by atoms with Gasteiger partial charge >= 0.3 is 0 Å². The number of hydrogen-bond acceptors (Lipinski definition) is 6. The molecule has 3 rings (SSSR count). The number of benzene rings is 1. The molecule has 7 nitrogen and oxygen atoms in total. The molecule has 3 aromatic rings. The molecule has 0 fully saturated rings. The molecular formula is C19H19FN4O3. The van der Waals surface area contributed by atoms with Crippen LogP contribution < -0.4 is 15.8 Å². The highest BCUT2D eigenvalue weighted by Gasteiger charge is 2.15. The Hall–Kier alpha value is -3.26. The Morgan fingerprint density at radius 2 is 2.11 bits per heavy atom. The van der Waals surface area contributed by atoms with Crippen molar-refractivity contribution in [2.75, 3.05) is 13.2 Å². The van der Waals surface area contributed by atoms with E-state index in [9.17, 15) is 9.18 Å². The molecule has 1 amide bonds. The number of halogens is 1. The van der Waals surface area contributed by atoms with Crippen molar-refractivity contribution in [3.63, 3.8) is 0 Å². The second-order valence-corrected chi connectivity index (χ2v) is 5.71. The van der Waals surface area contributed by atoms with Gasteiger partial charge in [-0.15, -0.1) is 0 Å². The van der Waals surface area contributed by atoms with E-state index in [0.717, 1.165) is 6.07 Å². The first-order valence-electron chi connectivity index (χ1n) is 8.45. The lowest BCUT2D eigenvalue weighted by atomic mass is 10.1. The zero-order chi connectivity index (χ0) is 19.1. The van der Waals surface area contributed by atoms with Gasteiger partial charge in [0.2, 0.25) is 0 Å². The minimum atomic E-state index is -0.525. The fourth-order valence-corrected chi connectivity index (χ4v) is 2.36. The first-order chi connectivity index (χ1) is 13.2. The van der Waals surface area contributed by atoms with E-state index in [0.29, 0.717) is 42.5 Å². The van der Waals surface area contributed by atoms with Crippen molar-refractivity contribution in [3.05, 3.63) is 65.8 Å². The van der Waals surface area contributed by atoms with Gasteiger partial charge in [-0.3, -0.25) is 9.78 Å². The minimum absolute atomic E-state index is 0.0947. The molecule has 0 aliphatic rings. The summed E-state index contributed by atoms with van der Waals surface area (Å²) in [4.78, 5) is 16.6. The lowest BCUT2D eigenvalue weighted by molar-refractivity contribution is 0.0942. The van der Waals surface area contributed by atoms with Crippen molar-refractivity contribution in [1.29, 1.82) is 0 Å². The third kappa shape index (κ3) is 4.89. The number of aromatic nitrogens is 2. The van der Waals surface area contributed by atoms with E-state index in [2.05, 4.69) is 15.5 Å². The number of pyridine rings is 1. The van der Waals surface area contributed by atoms with Gasteiger partial charge in [-0.1, -0.05) is 11.2 Å². The van der Waals surface area contributed by atoms with Crippen LogP contribution in [0.4, 0.5) is 4.39 Å². The first kappa shape index (κ1) is 18.5. The van der Waals surface area contributed by atoms with E-state index in [1.165, 1.54) is 12.1 Å². The molecule has 0 aliphatic heterocycles. The molecule has 0 saturated carbocycles. The summed E-state index contributed by atoms with van der Waals surface area (Å²) in [5, 5.41) is 6.61. The number of carbonyl (C=O) groups excluding carboxylic acids is 1. The van der Waals surface area contributed by atoms with E-state index >= 15 is 0 Å². The Kier molecular flexibility index (Phi) is 6.11. The van der Waals surface area contributed by atoms with E-state index in [1.54, 1.807) is 24.4 Å². The van der Waals surface area contributed by atoms with Crippen LogP contribution in [-0.4, -0.2) is 29.2 Å². The maximum absolute atomic E-state index is 13.6. The fraction of sp³-hybridized carbons (Fsp3) is 0.211. The molecule has 0 atom stereocenters. The highest BCUT2D eigenvalue weighted by molar-refractivity contribution is 5.96. The highest BCUT2D eigenvalue weighted by atomic mass is 19.1. The number of nitrogens with one attached hydrogen (secondary N) is 1. The van der Waals surface area contributed by atoms with Crippen molar-refractivity contribution in [1.82, 2.24) is 15.5 Å². The lowest BCUT2D eigenvalue weighted by Gasteiger charge is -2.11.